The van der Waals surface area contributed by atoms with Crippen molar-refractivity contribution < 1.29 is 17.9 Å². The zero-order valence-electron chi connectivity index (χ0n) is 16.7. The number of amides is 1. The van der Waals surface area contributed by atoms with E-state index in [-0.39, 0.29) is 17.1 Å². The Kier molecular flexibility index (Phi) is 6.54. The normalized spacial score (nSPS) is 12.4. The summed E-state index contributed by atoms with van der Waals surface area (Å²) in [5.41, 5.74) is 1.97. The Bertz CT molecular complexity index is 1190. The van der Waals surface area contributed by atoms with Crippen LogP contribution in [-0.4, -0.2) is 31.8 Å². The van der Waals surface area contributed by atoms with Gasteiger partial charge >= 0.3 is 0 Å². The van der Waals surface area contributed by atoms with Crippen molar-refractivity contribution in [2.24, 2.45) is 4.99 Å². The molecule has 0 N–H and O–H groups in total. The highest BCUT2D eigenvalue weighted by molar-refractivity contribution is 7.91. The minimum absolute atomic E-state index is 0.153. The van der Waals surface area contributed by atoms with Crippen LogP contribution in [0.15, 0.2) is 52.4 Å². The van der Waals surface area contributed by atoms with E-state index in [1.54, 1.807) is 31.4 Å². The number of hydrogen-bond donors (Lipinski definition) is 0. The molecule has 0 saturated heterocycles. The maximum Gasteiger partial charge on any atom is 0.249 e. The van der Waals surface area contributed by atoms with Crippen molar-refractivity contribution >= 4 is 37.3 Å². The molecule has 2 aromatic carbocycles. The van der Waals surface area contributed by atoms with E-state index in [0.717, 1.165) is 34.5 Å². The Hall–Kier alpha value is -2.45. The molecule has 1 aromatic heterocycles. The summed E-state index contributed by atoms with van der Waals surface area (Å²) in [4.78, 5) is 17.5. The van der Waals surface area contributed by atoms with E-state index >= 15 is 0 Å². The molecular weight excluding hydrogens is 408 g/mol. The van der Waals surface area contributed by atoms with E-state index < -0.39 is 15.7 Å². The Morgan fingerprint density at radius 1 is 1.17 bits per heavy atom. The number of carbonyl (C=O) groups is 1. The molecular formula is C21H24N2O4S2. The van der Waals surface area contributed by atoms with Crippen molar-refractivity contribution in [2.45, 2.75) is 38.1 Å². The van der Waals surface area contributed by atoms with Crippen LogP contribution in [0.3, 0.4) is 0 Å². The minimum atomic E-state index is -3.52. The van der Waals surface area contributed by atoms with E-state index in [4.69, 9.17) is 4.74 Å². The summed E-state index contributed by atoms with van der Waals surface area (Å²) in [6.45, 7) is 4.67. The minimum Gasteiger partial charge on any atom is -0.497 e. The van der Waals surface area contributed by atoms with E-state index in [2.05, 4.69) is 11.9 Å². The summed E-state index contributed by atoms with van der Waals surface area (Å²) < 4.78 is 33.2. The molecule has 0 radical (unpaired) electrons. The van der Waals surface area contributed by atoms with Crippen molar-refractivity contribution in [3.05, 3.63) is 52.8 Å². The second-order valence-corrected chi connectivity index (χ2v) is 9.88. The third-order valence-electron chi connectivity index (χ3n) is 4.52. The molecule has 0 saturated carbocycles. The van der Waals surface area contributed by atoms with Crippen molar-refractivity contribution in [1.82, 2.24) is 4.57 Å². The number of methoxy groups -OCH3 is 1. The van der Waals surface area contributed by atoms with Gasteiger partial charge in [0.05, 0.1) is 28.0 Å². The van der Waals surface area contributed by atoms with Crippen molar-refractivity contribution in [3.63, 3.8) is 0 Å². The lowest BCUT2D eigenvalue weighted by Crippen LogP contribution is -2.18. The fourth-order valence-corrected chi connectivity index (χ4v) is 5.28. The summed E-state index contributed by atoms with van der Waals surface area (Å²) in [7, 11) is -1.91. The summed E-state index contributed by atoms with van der Waals surface area (Å²) >= 11 is 1.40. The second-order valence-electron chi connectivity index (χ2n) is 6.76. The van der Waals surface area contributed by atoms with Crippen LogP contribution in [0.25, 0.3) is 10.2 Å². The molecule has 3 aromatic rings. The van der Waals surface area contributed by atoms with E-state index in [1.807, 2.05) is 29.7 Å². The zero-order chi connectivity index (χ0) is 21.0. The van der Waals surface area contributed by atoms with Crippen LogP contribution in [0.1, 0.15) is 25.3 Å². The molecule has 0 bridgehead atoms. The third kappa shape index (κ3) is 4.94. The quantitative estimate of drug-likeness (QED) is 0.570. The summed E-state index contributed by atoms with van der Waals surface area (Å²) in [5.74, 6) is 0.0405. The largest absolute Gasteiger partial charge is 0.497 e. The van der Waals surface area contributed by atoms with Crippen molar-refractivity contribution in [2.75, 3.05) is 12.9 Å². The van der Waals surface area contributed by atoms with Gasteiger partial charge in [0.25, 0.3) is 0 Å². The van der Waals surface area contributed by atoms with Gasteiger partial charge < -0.3 is 9.30 Å². The fourth-order valence-electron chi connectivity index (χ4n) is 2.95. The van der Waals surface area contributed by atoms with Gasteiger partial charge in [-0.3, -0.25) is 4.79 Å². The van der Waals surface area contributed by atoms with Gasteiger partial charge in [-0.1, -0.05) is 36.0 Å². The smallest absolute Gasteiger partial charge is 0.249 e. The van der Waals surface area contributed by atoms with Gasteiger partial charge in [0.2, 0.25) is 5.91 Å². The molecule has 1 amide bonds. The number of benzene rings is 2. The number of carbonyl (C=O) groups excluding carboxylic acids is 1. The maximum absolute atomic E-state index is 12.5. The van der Waals surface area contributed by atoms with Gasteiger partial charge in [-0.15, -0.1) is 0 Å². The number of aromatic nitrogens is 1. The molecule has 29 heavy (non-hydrogen) atoms. The van der Waals surface area contributed by atoms with Gasteiger partial charge in [-0.05, 0) is 43.7 Å². The predicted molar refractivity (Wildman–Crippen MR) is 115 cm³/mol. The summed E-state index contributed by atoms with van der Waals surface area (Å²) in [5, 5.41) is 0. The van der Waals surface area contributed by atoms with Crippen molar-refractivity contribution in [3.8, 4) is 5.75 Å². The monoisotopic (exact) mass is 432 g/mol. The van der Waals surface area contributed by atoms with Gasteiger partial charge in [-0.2, -0.15) is 4.99 Å². The fraction of sp³-hybridized carbons (Fsp3) is 0.333. The number of ether oxygens (including phenoxy) is 1. The summed E-state index contributed by atoms with van der Waals surface area (Å²) in [6, 6.07) is 12.4. The number of rotatable bonds is 7. The number of aryl methyl sites for hydroxylation is 2. The van der Waals surface area contributed by atoms with E-state index in [9.17, 15) is 13.2 Å². The zero-order valence-corrected chi connectivity index (χ0v) is 18.3. The Labute approximate surface area is 174 Å². The van der Waals surface area contributed by atoms with E-state index in [0.29, 0.717) is 4.80 Å². The number of hydrogen-bond acceptors (Lipinski definition) is 5. The number of thiazole rings is 1. The molecule has 0 fully saturated rings. The molecule has 0 aliphatic heterocycles. The van der Waals surface area contributed by atoms with Gasteiger partial charge in [0, 0.05) is 13.0 Å². The molecule has 3 rings (SSSR count). The second kappa shape index (κ2) is 8.92. The average Bonchev–Trinajstić information content (AvgIpc) is 3.03. The first-order valence-corrected chi connectivity index (χ1v) is 11.9. The maximum atomic E-state index is 12.5. The molecule has 154 valence electrons. The van der Waals surface area contributed by atoms with Crippen LogP contribution >= 0.6 is 11.3 Å². The van der Waals surface area contributed by atoms with Gasteiger partial charge in [0.1, 0.15) is 5.75 Å². The topological polar surface area (TPSA) is 77.7 Å². The average molecular weight is 433 g/mol. The highest BCUT2D eigenvalue weighted by atomic mass is 32.2. The highest BCUT2D eigenvalue weighted by Gasteiger charge is 2.16. The first-order chi connectivity index (χ1) is 13.8. The highest BCUT2D eigenvalue weighted by Crippen LogP contribution is 2.23. The molecule has 0 aliphatic rings. The number of sulfone groups is 1. The van der Waals surface area contributed by atoms with Gasteiger partial charge in [-0.25, -0.2) is 8.42 Å². The molecule has 0 atom stereocenters. The van der Waals surface area contributed by atoms with Crippen LogP contribution in [0.4, 0.5) is 0 Å². The van der Waals surface area contributed by atoms with Crippen molar-refractivity contribution in [1.29, 1.82) is 0 Å². The Morgan fingerprint density at radius 3 is 2.55 bits per heavy atom. The van der Waals surface area contributed by atoms with Gasteiger partial charge in [0.15, 0.2) is 14.6 Å². The number of fused-ring (bicyclic) bond motifs is 1. The lowest BCUT2D eigenvalue weighted by Gasteiger charge is -2.04. The molecule has 0 aliphatic carbocycles. The first-order valence-electron chi connectivity index (χ1n) is 9.38. The van der Waals surface area contributed by atoms with E-state index in [1.165, 1.54) is 11.3 Å². The van der Waals surface area contributed by atoms with Crippen LogP contribution in [-0.2, 0) is 21.2 Å². The van der Waals surface area contributed by atoms with Crippen LogP contribution in [0.2, 0.25) is 0 Å². The molecule has 0 unspecified atom stereocenters. The first kappa shape index (κ1) is 21.3. The van der Waals surface area contributed by atoms with Crippen LogP contribution < -0.4 is 9.54 Å². The molecule has 6 nitrogen and oxygen atoms in total. The molecule has 8 heteroatoms. The molecule has 0 spiro atoms. The summed E-state index contributed by atoms with van der Waals surface area (Å²) in [6.07, 6.45) is 0.737. The SMILES string of the molecule is CCCn1c(=NC(=O)CCS(=O)(=O)c2ccc(C)cc2)sc2cc(OC)ccc21. The third-order valence-corrected chi connectivity index (χ3v) is 7.30. The lowest BCUT2D eigenvalue weighted by atomic mass is 10.2. The predicted octanol–water partition coefficient (Wildman–Crippen LogP) is 3.72. The Morgan fingerprint density at radius 2 is 1.90 bits per heavy atom. The standard InChI is InChI=1S/C21H24N2O4S2/c1-4-12-23-18-10-7-16(27-3)14-19(18)28-21(23)22-20(24)11-13-29(25,26)17-8-5-15(2)6-9-17/h5-10,14H,4,11-13H2,1-3H3. The molecule has 1 heterocycles. The van der Waals surface area contributed by atoms with Crippen LogP contribution in [0, 0.1) is 6.92 Å². The lowest BCUT2D eigenvalue weighted by molar-refractivity contribution is -0.117. The number of nitrogens with zero attached hydrogens (tertiary/aromatic N) is 2. The van der Waals surface area contributed by atoms with Crippen LogP contribution in [0.5, 0.6) is 5.75 Å². The Balaban J connectivity index is 1.85.